The molecule has 0 aromatic heterocycles. The Morgan fingerprint density at radius 3 is 0.875 bits per heavy atom. The van der Waals surface area contributed by atoms with E-state index in [1.54, 1.807) is 0 Å². The van der Waals surface area contributed by atoms with Crippen molar-refractivity contribution in [3.05, 3.63) is 0 Å². The molecule has 11 nitrogen and oxygen atoms in total. The van der Waals surface area contributed by atoms with Crippen molar-refractivity contribution in [2.45, 2.75) is 66.5 Å². The fourth-order valence-corrected chi connectivity index (χ4v) is 7.78. The van der Waals surface area contributed by atoms with Crippen LogP contribution in [0.2, 0.25) is 12.1 Å². The van der Waals surface area contributed by atoms with E-state index < -0.39 is 23.8 Å². The molecule has 0 spiro atoms. The third-order valence-electron chi connectivity index (χ3n) is 3.47. The fraction of sp³-hybridized carbons (Fsp3) is 0.947. The first-order valence-electron chi connectivity index (χ1n) is 11.2. The number of rotatable bonds is 18. The maximum absolute atomic E-state index is 8.79. The van der Waals surface area contributed by atoms with Gasteiger partial charge in [0.05, 0.1) is 0 Å². The number of hydrogen-bond acceptors (Lipinski definition) is 9. The molecule has 0 heterocycles. The largest absolute Gasteiger partial charge is 0.503 e. The summed E-state index contributed by atoms with van der Waals surface area (Å²) in [4.78, 5) is 8.56. The number of aliphatic hydroxyl groups is 2. The van der Waals surface area contributed by atoms with Crippen molar-refractivity contribution in [3.8, 4) is 0 Å². The van der Waals surface area contributed by atoms with Gasteiger partial charge in [-0.1, -0.05) is 0 Å². The van der Waals surface area contributed by atoms with Gasteiger partial charge in [0.25, 0.3) is 0 Å². The highest BCUT2D eigenvalue weighted by atomic mass is 28.4. The normalized spacial score (nSPS) is 11.2. The second-order valence-electron chi connectivity index (χ2n) is 5.90. The SMILES string of the molecule is CCO[Si](CCCO)(OCC)OCC.CCO[Si](CCCO)(OCC)OCC.O=C(O)O. The quantitative estimate of drug-likeness (QED) is 0.203. The molecular weight excluding hydrogens is 460 g/mol. The average Bonchev–Trinajstić information content (AvgIpc) is 2.72. The second-order valence-corrected chi connectivity index (χ2v) is 11.4. The zero-order chi connectivity index (χ0) is 25.3. The molecule has 32 heavy (non-hydrogen) atoms. The van der Waals surface area contributed by atoms with Gasteiger partial charge >= 0.3 is 23.8 Å². The Balaban J connectivity index is -0.000000450. The van der Waals surface area contributed by atoms with Crippen molar-refractivity contribution in [1.29, 1.82) is 0 Å². The van der Waals surface area contributed by atoms with E-state index in [-0.39, 0.29) is 13.2 Å². The summed E-state index contributed by atoms with van der Waals surface area (Å²) in [6, 6.07) is 1.39. The van der Waals surface area contributed by atoms with Gasteiger partial charge in [-0.2, -0.15) is 0 Å². The van der Waals surface area contributed by atoms with Crippen LogP contribution in [0.5, 0.6) is 0 Å². The van der Waals surface area contributed by atoms with Crippen LogP contribution < -0.4 is 0 Å². The van der Waals surface area contributed by atoms with Crippen LogP contribution in [0, 0.1) is 0 Å². The summed E-state index contributed by atoms with van der Waals surface area (Å²) < 4.78 is 33.6. The molecule has 0 saturated heterocycles. The van der Waals surface area contributed by atoms with E-state index in [1.807, 2.05) is 41.5 Å². The van der Waals surface area contributed by atoms with Crippen LogP contribution in [-0.2, 0) is 26.6 Å². The van der Waals surface area contributed by atoms with E-state index >= 15 is 0 Å². The van der Waals surface area contributed by atoms with Gasteiger partial charge in [0.1, 0.15) is 0 Å². The fourth-order valence-electron chi connectivity index (χ4n) is 2.59. The van der Waals surface area contributed by atoms with E-state index in [9.17, 15) is 0 Å². The number of carboxylic acid groups (broad SMARTS) is 2. The van der Waals surface area contributed by atoms with Crippen molar-refractivity contribution in [1.82, 2.24) is 0 Å². The predicted octanol–water partition coefficient (Wildman–Crippen LogP) is 3.06. The van der Waals surface area contributed by atoms with E-state index in [0.29, 0.717) is 64.6 Å². The monoisotopic (exact) mass is 506 g/mol. The summed E-state index contributed by atoms with van der Waals surface area (Å²) in [6.07, 6.45) is -0.488. The van der Waals surface area contributed by atoms with E-state index in [0.717, 1.165) is 0 Å². The minimum absolute atomic E-state index is 0.155. The molecule has 0 atom stereocenters. The van der Waals surface area contributed by atoms with Crippen molar-refractivity contribution < 1.29 is 51.8 Å². The van der Waals surface area contributed by atoms with Gasteiger partial charge in [0.15, 0.2) is 0 Å². The summed E-state index contributed by atoms with van der Waals surface area (Å²) in [5.74, 6) is 0. The molecule has 4 N–H and O–H groups in total. The van der Waals surface area contributed by atoms with Gasteiger partial charge < -0.3 is 47.0 Å². The zero-order valence-electron chi connectivity index (χ0n) is 20.6. The van der Waals surface area contributed by atoms with E-state index in [4.69, 9.17) is 51.8 Å². The molecule has 0 bridgehead atoms. The van der Waals surface area contributed by atoms with Gasteiger partial charge in [-0.25, -0.2) is 4.79 Å². The molecular formula is C19H46O11Si2. The molecule has 0 fully saturated rings. The van der Waals surface area contributed by atoms with Crippen molar-refractivity contribution in [3.63, 3.8) is 0 Å². The maximum atomic E-state index is 8.79. The lowest BCUT2D eigenvalue weighted by Gasteiger charge is -2.28. The van der Waals surface area contributed by atoms with Crippen LogP contribution in [-0.4, -0.2) is 97.0 Å². The molecule has 196 valence electrons. The molecule has 0 aliphatic rings. The Morgan fingerprint density at radius 1 is 0.562 bits per heavy atom. The molecule has 0 radical (unpaired) electrons. The van der Waals surface area contributed by atoms with Crippen LogP contribution in [0.4, 0.5) is 4.79 Å². The standard InChI is InChI=1S/2C9H22O4Si.CH2O3/c2*1-4-11-14(12-5-2,13-6-3)9-7-8-10;2-1(3)4/h2*10H,4-9H2,1-3H3;(H2,2,3,4). The first-order valence-corrected chi connectivity index (χ1v) is 15.1. The highest BCUT2D eigenvalue weighted by molar-refractivity contribution is 6.61. The predicted molar refractivity (Wildman–Crippen MR) is 125 cm³/mol. The van der Waals surface area contributed by atoms with Crippen LogP contribution in [0.3, 0.4) is 0 Å². The van der Waals surface area contributed by atoms with Crippen LogP contribution in [0.1, 0.15) is 54.4 Å². The summed E-state index contributed by atoms with van der Waals surface area (Å²) >= 11 is 0. The molecule has 0 aromatic carbocycles. The van der Waals surface area contributed by atoms with Crippen molar-refractivity contribution in [2.75, 3.05) is 52.9 Å². The van der Waals surface area contributed by atoms with E-state index in [2.05, 4.69) is 0 Å². The van der Waals surface area contributed by atoms with Gasteiger partial charge in [-0.05, 0) is 54.4 Å². The Labute approximate surface area is 195 Å². The Hall–Kier alpha value is -0.616. The Bertz CT molecular complexity index is 335. The number of carbonyl (C=O) groups is 1. The lowest BCUT2D eigenvalue weighted by Crippen LogP contribution is -2.46. The van der Waals surface area contributed by atoms with Gasteiger partial charge in [0.2, 0.25) is 0 Å². The van der Waals surface area contributed by atoms with E-state index in [1.165, 1.54) is 0 Å². The first kappa shape index (κ1) is 36.0. The lowest BCUT2D eigenvalue weighted by atomic mass is 10.5. The molecule has 0 aliphatic heterocycles. The lowest BCUT2D eigenvalue weighted by molar-refractivity contribution is 0.0686. The highest BCUT2D eigenvalue weighted by Crippen LogP contribution is 2.18. The molecule has 0 rings (SSSR count). The molecule has 0 aliphatic carbocycles. The third kappa shape index (κ3) is 21.2. The smallest absolute Gasteiger partial charge is 0.450 e. The summed E-state index contributed by atoms with van der Waals surface area (Å²) in [6.45, 7) is 15.5. The Morgan fingerprint density at radius 2 is 0.750 bits per heavy atom. The number of hydrogen-bond donors (Lipinski definition) is 4. The molecule has 13 heteroatoms. The topological polar surface area (TPSA) is 153 Å². The first-order chi connectivity index (χ1) is 15.2. The third-order valence-corrected chi connectivity index (χ3v) is 9.77. The Kier molecular flexibility index (Phi) is 28.1. The zero-order valence-corrected chi connectivity index (χ0v) is 22.6. The van der Waals surface area contributed by atoms with Crippen LogP contribution in [0.25, 0.3) is 0 Å². The second kappa shape index (κ2) is 25.0. The van der Waals surface area contributed by atoms with Gasteiger partial charge in [0, 0.05) is 64.9 Å². The average molecular weight is 507 g/mol. The molecule has 0 unspecified atom stereocenters. The summed E-state index contributed by atoms with van der Waals surface area (Å²) in [5, 5.41) is 31.5. The minimum Gasteiger partial charge on any atom is -0.450 e. The molecule has 0 aromatic rings. The van der Waals surface area contributed by atoms with Crippen molar-refractivity contribution >= 4 is 23.8 Å². The van der Waals surface area contributed by atoms with Gasteiger partial charge in [-0.15, -0.1) is 0 Å². The van der Waals surface area contributed by atoms with Crippen LogP contribution >= 0.6 is 0 Å². The highest BCUT2D eigenvalue weighted by Gasteiger charge is 2.40. The van der Waals surface area contributed by atoms with Crippen LogP contribution in [0.15, 0.2) is 0 Å². The minimum atomic E-state index is -2.48. The summed E-state index contributed by atoms with van der Waals surface area (Å²) in [5.41, 5.74) is 0. The van der Waals surface area contributed by atoms with Gasteiger partial charge in [-0.3, -0.25) is 0 Å². The summed E-state index contributed by atoms with van der Waals surface area (Å²) in [7, 11) is -4.95. The molecule has 0 saturated carbocycles. The number of aliphatic hydroxyl groups excluding tert-OH is 2. The maximum Gasteiger partial charge on any atom is 0.503 e. The molecule has 0 amide bonds. The van der Waals surface area contributed by atoms with Crippen molar-refractivity contribution in [2.24, 2.45) is 0 Å².